The predicted octanol–water partition coefficient (Wildman–Crippen LogP) is 3.03. The molecule has 0 radical (unpaired) electrons. The van der Waals surface area contributed by atoms with Crippen molar-refractivity contribution < 1.29 is 0 Å². The number of rotatable bonds is 7. The Morgan fingerprint density at radius 3 is 2.81 bits per heavy atom. The third-order valence-corrected chi connectivity index (χ3v) is 3.92. The molecule has 2 heteroatoms. The van der Waals surface area contributed by atoms with Crippen LogP contribution < -0.4 is 5.32 Å². The normalized spacial score (nSPS) is 24.6. The highest BCUT2D eigenvalue weighted by Crippen LogP contribution is 2.16. The van der Waals surface area contributed by atoms with E-state index in [0.717, 1.165) is 6.04 Å². The average Bonchev–Trinajstić information content (AvgIpc) is 2.30. The molecule has 0 aromatic carbocycles. The molecule has 16 heavy (non-hydrogen) atoms. The van der Waals surface area contributed by atoms with Gasteiger partial charge < -0.3 is 10.2 Å². The summed E-state index contributed by atoms with van der Waals surface area (Å²) in [4.78, 5) is 2.67. The Labute approximate surface area is 102 Å². The fourth-order valence-corrected chi connectivity index (χ4v) is 2.42. The van der Waals surface area contributed by atoms with Gasteiger partial charge in [0.25, 0.3) is 0 Å². The number of likely N-dealkylation sites (tertiary alicyclic amines) is 1. The Kier molecular flexibility index (Phi) is 7.06. The summed E-state index contributed by atoms with van der Waals surface area (Å²) >= 11 is 0. The molecule has 96 valence electrons. The maximum atomic E-state index is 3.56. The molecule has 2 nitrogen and oxygen atoms in total. The van der Waals surface area contributed by atoms with E-state index in [2.05, 4.69) is 31.0 Å². The second-order valence-electron chi connectivity index (χ2n) is 5.35. The van der Waals surface area contributed by atoms with Crippen LogP contribution in [0.15, 0.2) is 0 Å². The van der Waals surface area contributed by atoms with Gasteiger partial charge >= 0.3 is 0 Å². The van der Waals surface area contributed by atoms with Crippen LogP contribution in [0, 0.1) is 0 Å². The van der Waals surface area contributed by atoms with Crippen LogP contribution in [0.4, 0.5) is 0 Å². The van der Waals surface area contributed by atoms with E-state index in [1.165, 1.54) is 58.2 Å². The molecule has 1 N–H and O–H groups in total. The van der Waals surface area contributed by atoms with E-state index >= 15 is 0 Å². The zero-order chi connectivity index (χ0) is 11.8. The van der Waals surface area contributed by atoms with Crippen LogP contribution in [0.5, 0.6) is 0 Å². The van der Waals surface area contributed by atoms with Gasteiger partial charge in [-0.3, -0.25) is 0 Å². The van der Waals surface area contributed by atoms with Crippen molar-refractivity contribution >= 4 is 0 Å². The van der Waals surface area contributed by atoms with Crippen molar-refractivity contribution in [3.05, 3.63) is 0 Å². The lowest BCUT2D eigenvalue weighted by Crippen LogP contribution is -2.38. The number of unbranched alkanes of at least 4 members (excludes halogenated alkanes) is 1. The first-order chi connectivity index (χ1) is 7.74. The molecule has 2 unspecified atom stereocenters. The Morgan fingerprint density at radius 1 is 1.31 bits per heavy atom. The molecule has 0 aromatic heterocycles. The maximum absolute atomic E-state index is 3.56. The Hall–Kier alpha value is -0.0800. The van der Waals surface area contributed by atoms with E-state index in [9.17, 15) is 0 Å². The van der Waals surface area contributed by atoms with Crippen LogP contribution in [0.1, 0.15) is 59.3 Å². The van der Waals surface area contributed by atoms with Crippen molar-refractivity contribution in [1.82, 2.24) is 10.2 Å². The molecule has 1 aliphatic heterocycles. The lowest BCUT2D eigenvalue weighted by atomic mass is 10.0. The van der Waals surface area contributed by atoms with Crippen molar-refractivity contribution in [2.45, 2.75) is 71.4 Å². The van der Waals surface area contributed by atoms with Crippen LogP contribution >= 0.6 is 0 Å². The molecular weight excluding hydrogens is 196 g/mol. The molecule has 0 aromatic rings. The van der Waals surface area contributed by atoms with Gasteiger partial charge in [-0.25, -0.2) is 0 Å². The number of hydrogen-bond acceptors (Lipinski definition) is 2. The largest absolute Gasteiger partial charge is 0.314 e. The van der Waals surface area contributed by atoms with Gasteiger partial charge in [-0.2, -0.15) is 0 Å². The Balaban J connectivity index is 1.97. The van der Waals surface area contributed by atoms with Gasteiger partial charge in [0, 0.05) is 12.1 Å². The Bertz CT molecular complexity index is 170. The van der Waals surface area contributed by atoms with E-state index in [4.69, 9.17) is 0 Å². The van der Waals surface area contributed by atoms with Crippen molar-refractivity contribution in [2.24, 2.45) is 0 Å². The third-order valence-electron chi connectivity index (χ3n) is 3.92. The molecule has 0 spiro atoms. The second kappa shape index (κ2) is 8.08. The summed E-state index contributed by atoms with van der Waals surface area (Å²) in [5, 5.41) is 3.56. The molecule has 1 aliphatic rings. The quantitative estimate of drug-likeness (QED) is 0.671. The maximum Gasteiger partial charge on any atom is 0.00669 e. The summed E-state index contributed by atoms with van der Waals surface area (Å²) in [5.74, 6) is 0. The van der Waals surface area contributed by atoms with Crippen molar-refractivity contribution in [1.29, 1.82) is 0 Å². The van der Waals surface area contributed by atoms with E-state index in [1.807, 2.05) is 0 Å². The molecular formula is C14H30N2. The Morgan fingerprint density at radius 2 is 2.12 bits per heavy atom. The smallest absolute Gasteiger partial charge is 0.00669 e. The molecule has 0 aliphatic carbocycles. The van der Waals surface area contributed by atoms with Gasteiger partial charge in [-0.05, 0) is 65.6 Å². The number of piperidine rings is 1. The van der Waals surface area contributed by atoms with E-state index in [0.29, 0.717) is 6.04 Å². The van der Waals surface area contributed by atoms with Gasteiger partial charge in [0.1, 0.15) is 0 Å². The van der Waals surface area contributed by atoms with E-state index < -0.39 is 0 Å². The summed E-state index contributed by atoms with van der Waals surface area (Å²) < 4.78 is 0. The predicted molar refractivity (Wildman–Crippen MR) is 71.9 cm³/mol. The SMILES string of the molecule is CCC(C)NCCCCN1CCCCC1C. The van der Waals surface area contributed by atoms with Crippen molar-refractivity contribution in [3.63, 3.8) is 0 Å². The van der Waals surface area contributed by atoms with Crippen molar-refractivity contribution in [2.75, 3.05) is 19.6 Å². The molecule has 0 amide bonds. The molecule has 1 heterocycles. The van der Waals surface area contributed by atoms with Gasteiger partial charge in [0.05, 0.1) is 0 Å². The molecule has 0 saturated carbocycles. The van der Waals surface area contributed by atoms with Gasteiger partial charge in [-0.1, -0.05) is 13.3 Å². The van der Waals surface area contributed by atoms with E-state index in [-0.39, 0.29) is 0 Å². The van der Waals surface area contributed by atoms with Crippen molar-refractivity contribution in [3.8, 4) is 0 Å². The molecule has 0 bridgehead atoms. The zero-order valence-corrected chi connectivity index (χ0v) is 11.5. The number of nitrogens with one attached hydrogen (secondary N) is 1. The number of hydrogen-bond donors (Lipinski definition) is 1. The summed E-state index contributed by atoms with van der Waals surface area (Å²) in [6, 6.07) is 1.52. The first-order valence-corrected chi connectivity index (χ1v) is 7.21. The third kappa shape index (κ3) is 5.31. The highest BCUT2D eigenvalue weighted by molar-refractivity contribution is 4.72. The fraction of sp³-hybridized carbons (Fsp3) is 1.00. The van der Waals surface area contributed by atoms with Gasteiger partial charge in [0.2, 0.25) is 0 Å². The second-order valence-corrected chi connectivity index (χ2v) is 5.35. The highest BCUT2D eigenvalue weighted by Gasteiger charge is 2.16. The lowest BCUT2D eigenvalue weighted by Gasteiger charge is -2.33. The summed E-state index contributed by atoms with van der Waals surface area (Å²) in [6.45, 7) is 10.7. The minimum Gasteiger partial charge on any atom is -0.314 e. The van der Waals surface area contributed by atoms with E-state index in [1.54, 1.807) is 0 Å². The van der Waals surface area contributed by atoms with Crippen LogP contribution in [0.3, 0.4) is 0 Å². The van der Waals surface area contributed by atoms with Crippen LogP contribution in [-0.4, -0.2) is 36.6 Å². The minimum absolute atomic E-state index is 0.689. The van der Waals surface area contributed by atoms with Gasteiger partial charge in [-0.15, -0.1) is 0 Å². The monoisotopic (exact) mass is 226 g/mol. The molecule has 1 saturated heterocycles. The minimum atomic E-state index is 0.689. The molecule has 1 rings (SSSR count). The summed E-state index contributed by atoms with van der Waals surface area (Å²) in [7, 11) is 0. The first kappa shape index (κ1) is 14.0. The van der Waals surface area contributed by atoms with Crippen LogP contribution in [0.2, 0.25) is 0 Å². The standard InChI is InChI=1S/C14H30N2/c1-4-13(2)15-10-6-8-12-16-11-7-5-9-14(16)3/h13-15H,4-12H2,1-3H3. The van der Waals surface area contributed by atoms with Crippen LogP contribution in [0.25, 0.3) is 0 Å². The fourth-order valence-electron chi connectivity index (χ4n) is 2.42. The highest BCUT2D eigenvalue weighted by atomic mass is 15.1. The molecule has 2 atom stereocenters. The lowest BCUT2D eigenvalue weighted by molar-refractivity contribution is 0.158. The number of nitrogens with zero attached hydrogens (tertiary/aromatic N) is 1. The first-order valence-electron chi connectivity index (χ1n) is 7.21. The topological polar surface area (TPSA) is 15.3 Å². The zero-order valence-electron chi connectivity index (χ0n) is 11.5. The summed E-state index contributed by atoms with van der Waals surface area (Å²) in [5.41, 5.74) is 0. The summed E-state index contributed by atoms with van der Waals surface area (Å²) in [6.07, 6.45) is 8.18. The van der Waals surface area contributed by atoms with Gasteiger partial charge in [0.15, 0.2) is 0 Å². The average molecular weight is 226 g/mol. The van der Waals surface area contributed by atoms with Crippen LogP contribution in [-0.2, 0) is 0 Å². The molecule has 1 fully saturated rings.